The minimum absolute atomic E-state index is 0.0272. The molecular weight excluding hydrogens is 350 g/mol. The van der Waals surface area contributed by atoms with Gasteiger partial charge in [-0.1, -0.05) is 42.0 Å². The lowest BCUT2D eigenvalue weighted by Crippen LogP contribution is -2.29. The molecule has 1 aliphatic heterocycles. The van der Waals surface area contributed by atoms with E-state index in [9.17, 15) is 9.59 Å². The van der Waals surface area contributed by atoms with Gasteiger partial charge in [-0.05, 0) is 55.3 Å². The molecular formula is C23H21N3O2. The van der Waals surface area contributed by atoms with Crippen LogP contribution in [0.2, 0.25) is 0 Å². The zero-order chi connectivity index (χ0) is 19.5. The summed E-state index contributed by atoms with van der Waals surface area (Å²) in [6.45, 7) is 2.64. The minimum Gasteiger partial charge on any atom is -0.308 e. The lowest BCUT2D eigenvalue weighted by molar-refractivity contribution is 0.0989. The number of benzene rings is 3. The summed E-state index contributed by atoms with van der Waals surface area (Å²) < 4.78 is 0. The standard InChI is InChI=1S/C23H21N3O2/c1-16-7-10-19(11-8-16)24-23(28)25-20-12-9-17-13-14-26(21(17)15-20)22(27)18-5-3-2-4-6-18/h2-12,15H,13-14H2,1H3,(H2,24,25,28). The minimum atomic E-state index is -0.317. The molecule has 0 bridgehead atoms. The number of nitrogens with one attached hydrogen (secondary N) is 2. The van der Waals surface area contributed by atoms with Crippen LogP contribution < -0.4 is 15.5 Å². The molecule has 1 heterocycles. The number of nitrogens with zero attached hydrogens (tertiary/aromatic N) is 1. The van der Waals surface area contributed by atoms with Crippen molar-refractivity contribution in [3.8, 4) is 0 Å². The van der Waals surface area contributed by atoms with Crippen molar-refractivity contribution in [2.75, 3.05) is 22.1 Å². The summed E-state index contributed by atoms with van der Waals surface area (Å²) in [7, 11) is 0. The van der Waals surface area contributed by atoms with E-state index in [1.807, 2.05) is 79.7 Å². The van der Waals surface area contributed by atoms with Gasteiger partial charge in [0.2, 0.25) is 0 Å². The number of urea groups is 1. The maximum Gasteiger partial charge on any atom is 0.323 e. The van der Waals surface area contributed by atoms with E-state index in [0.717, 1.165) is 28.9 Å². The number of hydrogen-bond donors (Lipinski definition) is 2. The average Bonchev–Trinajstić information content (AvgIpc) is 3.13. The fourth-order valence-corrected chi connectivity index (χ4v) is 3.33. The molecule has 1 aliphatic rings. The van der Waals surface area contributed by atoms with Gasteiger partial charge >= 0.3 is 6.03 Å². The second-order valence-electron chi connectivity index (χ2n) is 6.86. The summed E-state index contributed by atoms with van der Waals surface area (Å²) in [6.07, 6.45) is 0.809. The molecule has 3 aromatic rings. The van der Waals surface area contributed by atoms with E-state index in [2.05, 4.69) is 10.6 Å². The first kappa shape index (κ1) is 17.8. The predicted molar refractivity (Wildman–Crippen MR) is 112 cm³/mol. The lowest BCUT2D eigenvalue weighted by Gasteiger charge is -2.18. The van der Waals surface area contributed by atoms with E-state index in [-0.39, 0.29) is 11.9 Å². The molecule has 0 aromatic heterocycles. The topological polar surface area (TPSA) is 61.4 Å². The van der Waals surface area contributed by atoms with Crippen molar-refractivity contribution in [1.29, 1.82) is 0 Å². The Morgan fingerprint density at radius 2 is 1.54 bits per heavy atom. The molecule has 0 saturated carbocycles. The van der Waals surface area contributed by atoms with E-state index in [1.165, 1.54) is 0 Å². The molecule has 3 aromatic carbocycles. The molecule has 0 atom stereocenters. The molecule has 2 N–H and O–H groups in total. The van der Waals surface area contributed by atoms with Gasteiger partial charge in [0.25, 0.3) is 5.91 Å². The van der Waals surface area contributed by atoms with Crippen LogP contribution in [0.4, 0.5) is 21.9 Å². The summed E-state index contributed by atoms with van der Waals surface area (Å²) in [5.74, 6) is -0.0272. The van der Waals surface area contributed by atoms with Crippen LogP contribution in [-0.4, -0.2) is 18.5 Å². The average molecular weight is 371 g/mol. The van der Waals surface area contributed by atoms with Crippen molar-refractivity contribution in [3.63, 3.8) is 0 Å². The maximum atomic E-state index is 12.8. The van der Waals surface area contributed by atoms with Crippen LogP contribution in [0.15, 0.2) is 72.8 Å². The van der Waals surface area contributed by atoms with Crippen LogP contribution in [0.5, 0.6) is 0 Å². The van der Waals surface area contributed by atoms with Crippen molar-refractivity contribution in [1.82, 2.24) is 0 Å². The number of carbonyl (C=O) groups excluding carboxylic acids is 2. The van der Waals surface area contributed by atoms with Crippen molar-refractivity contribution in [2.45, 2.75) is 13.3 Å². The molecule has 0 aliphatic carbocycles. The van der Waals surface area contributed by atoms with Crippen LogP contribution in [-0.2, 0) is 6.42 Å². The molecule has 0 radical (unpaired) electrons. The Morgan fingerprint density at radius 3 is 2.29 bits per heavy atom. The van der Waals surface area contributed by atoms with E-state index >= 15 is 0 Å². The summed E-state index contributed by atoms with van der Waals surface area (Å²) in [5, 5.41) is 5.66. The largest absolute Gasteiger partial charge is 0.323 e. The number of hydrogen-bond acceptors (Lipinski definition) is 2. The third-order valence-electron chi connectivity index (χ3n) is 4.81. The Labute approximate surface area is 164 Å². The van der Waals surface area contributed by atoms with E-state index in [4.69, 9.17) is 0 Å². The molecule has 0 unspecified atom stereocenters. The molecule has 140 valence electrons. The van der Waals surface area contributed by atoms with E-state index in [1.54, 1.807) is 4.90 Å². The Kier molecular flexibility index (Phi) is 4.81. The summed E-state index contributed by atoms with van der Waals surface area (Å²) >= 11 is 0. The number of carbonyl (C=O) groups is 2. The van der Waals surface area contributed by atoms with Gasteiger partial charge in [-0.15, -0.1) is 0 Å². The molecule has 3 amide bonds. The summed E-state index contributed by atoms with van der Waals surface area (Å²) in [6, 6.07) is 22.2. The highest BCUT2D eigenvalue weighted by molar-refractivity contribution is 6.08. The lowest BCUT2D eigenvalue weighted by atomic mass is 10.1. The smallest absolute Gasteiger partial charge is 0.308 e. The quantitative estimate of drug-likeness (QED) is 0.692. The number of rotatable bonds is 3. The van der Waals surface area contributed by atoms with Gasteiger partial charge in [-0.25, -0.2) is 4.79 Å². The second-order valence-corrected chi connectivity index (χ2v) is 6.86. The molecule has 4 rings (SSSR count). The van der Waals surface area contributed by atoms with Crippen LogP contribution in [0.3, 0.4) is 0 Å². The van der Waals surface area contributed by atoms with Crippen molar-refractivity contribution in [2.24, 2.45) is 0 Å². The van der Waals surface area contributed by atoms with Crippen molar-refractivity contribution >= 4 is 29.0 Å². The monoisotopic (exact) mass is 371 g/mol. The zero-order valence-electron chi connectivity index (χ0n) is 15.6. The number of anilines is 3. The van der Waals surface area contributed by atoms with Crippen LogP contribution in [0.25, 0.3) is 0 Å². The molecule has 0 saturated heterocycles. The van der Waals surface area contributed by atoms with Gasteiger partial charge in [-0.3, -0.25) is 4.79 Å². The zero-order valence-corrected chi connectivity index (χ0v) is 15.6. The first-order valence-electron chi connectivity index (χ1n) is 9.25. The third-order valence-corrected chi connectivity index (χ3v) is 4.81. The first-order valence-corrected chi connectivity index (χ1v) is 9.25. The van der Waals surface area contributed by atoms with Gasteiger partial charge in [0.15, 0.2) is 0 Å². The molecule has 0 spiro atoms. The van der Waals surface area contributed by atoms with Crippen LogP contribution in [0.1, 0.15) is 21.5 Å². The highest BCUT2D eigenvalue weighted by Gasteiger charge is 2.25. The normalized spacial score (nSPS) is 12.4. The number of fused-ring (bicyclic) bond motifs is 1. The second kappa shape index (κ2) is 7.56. The Hall–Kier alpha value is -3.60. The first-order chi connectivity index (χ1) is 13.6. The molecule has 5 nitrogen and oxygen atoms in total. The van der Waals surface area contributed by atoms with Crippen molar-refractivity contribution in [3.05, 3.63) is 89.5 Å². The Morgan fingerprint density at radius 1 is 0.857 bits per heavy atom. The maximum absolute atomic E-state index is 12.8. The van der Waals surface area contributed by atoms with Gasteiger partial charge in [-0.2, -0.15) is 0 Å². The van der Waals surface area contributed by atoms with Gasteiger partial charge in [0.1, 0.15) is 0 Å². The van der Waals surface area contributed by atoms with E-state index in [0.29, 0.717) is 17.8 Å². The molecule has 5 heteroatoms. The Bertz CT molecular complexity index is 1010. The third kappa shape index (κ3) is 3.74. The number of aryl methyl sites for hydroxylation is 1. The fraction of sp³-hybridized carbons (Fsp3) is 0.130. The van der Waals surface area contributed by atoms with E-state index < -0.39 is 0 Å². The SMILES string of the molecule is Cc1ccc(NC(=O)Nc2ccc3c(c2)N(C(=O)c2ccccc2)CC3)cc1. The molecule has 0 fully saturated rings. The summed E-state index contributed by atoms with van der Waals surface area (Å²) in [5.41, 5.74) is 5.12. The van der Waals surface area contributed by atoms with Crippen LogP contribution >= 0.6 is 0 Å². The predicted octanol–water partition coefficient (Wildman–Crippen LogP) is 4.84. The highest BCUT2D eigenvalue weighted by atomic mass is 16.2. The summed E-state index contributed by atoms with van der Waals surface area (Å²) in [4.78, 5) is 26.9. The number of amides is 3. The fourth-order valence-electron chi connectivity index (χ4n) is 3.33. The Balaban J connectivity index is 1.49. The van der Waals surface area contributed by atoms with Gasteiger partial charge < -0.3 is 15.5 Å². The highest BCUT2D eigenvalue weighted by Crippen LogP contribution is 2.32. The van der Waals surface area contributed by atoms with Crippen molar-refractivity contribution < 1.29 is 9.59 Å². The van der Waals surface area contributed by atoms with Crippen LogP contribution in [0, 0.1) is 6.92 Å². The van der Waals surface area contributed by atoms with Gasteiger partial charge in [0.05, 0.1) is 0 Å². The van der Waals surface area contributed by atoms with Gasteiger partial charge in [0, 0.05) is 29.2 Å². The molecule has 28 heavy (non-hydrogen) atoms.